The summed E-state index contributed by atoms with van der Waals surface area (Å²) in [6, 6.07) is 11.5. The summed E-state index contributed by atoms with van der Waals surface area (Å²) in [5, 5.41) is 7.50. The number of halogens is 3. The third-order valence-corrected chi connectivity index (χ3v) is 5.39. The Bertz CT molecular complexity index is 1350. The number of carbonyl (C=O) groups excluding carboxylic acids is 1. The van der Waals surface area contributed by atoms with Crippen LogP contribution < -0.4 is 5.32 Å². The summed E-state index contributed by atoms with van der Waals surface area (Å²) in [7, 11) is 0. The smallest absolute Gasteiger partial charge is 0.325 e. The lowest BCUT2D eigenvalue weighted by atomic mass is 9.95. The molecule has 0 aliphatic heterocycles. The number of nitrogens with one attached hydrogen (secondary N) is 1. The van der Waals surface area contributed by atoms with E-state index in [1.165, 1.54) is 6.07 Å². The number of alkyl halides is 3. The number of fused-ring (bicyclic) bond motifs is 1. The van der Waals surface area contributed by atoms with Crippen molar-refractivity contribution in [3.63, 3.8) is 0 Å². The maximum absolute atomic E-state index is 12.8. The molecule has 3 aromatic heterocycles. The van der Waals surface area contributed by atoms with Gasteiger partial charge in [-0.2, -0.15) is 18.3 Å². The van der Waals surface area contributed by atoms with E-state index in [0.29, 0.717) is 22.6 Å². The molecular weight excluding hydrogens is 443 g/mol. The Morgan fingerprint density at radius 3 is 2.35 bits per heavy atom. The number of benzene rings is 1. The van der Waals surface area contributed by atoms with Crippen molar-refractivity contribution >= 4 is 17.2 Å². The number of imidazole rings is 1. The number of aryl methyl sites for hydroxylation is 1. The minimum Gasteiger partial charge on any atom is -0.325 e. The summed E-state index contributed by atoms with van der Waals surface area (Å²) in [6.07, 6.45) is -0.833. The zero-order valence-electron chi connectivity index (χ0n) is 19.2. The van der Waals surface area contributed by atoms with Crippen LogP contribution in [0.25, 0.3) is 28.2 Å². The van der Waals surface area contributed by atoms with Gasteiger partial charge >= 0.3 is 6.18 Å². The fourth-order valence-electron chi connectivity index (χ4n) is 3.36. The zero-order chi connectivity index (χ0) is 24.7. The monoisotopic (exact) mass is 467 g/mol. The van der Waals surface area contributed by atoms with Crippen LogP contribution >= 0.6 is 0 Å². The average Bonchev–Trinajstić information content (AvgIpc) is 3.21. The lowest BCUT2D eigenvalue weighted by Gasteiger charge is -2.19. The highest BCUT2D eigenvalue weighted by atomic mass is 19.4. The summed E-state index contributed by atoms with van der Waals surface area (Å²) in [5.74, 6) is -0.0780. The van der Waals surface area contributed by atoms with Gasteiger partial charge in [-0.3, -0.25) is 9.78 Å². The lowest BCUT2D eigenvalue weighted by molar-refractivity contribution is -0.141. The van der Waals surface area contributed by atoms with Crippen LogP contribution in [0.2, 0.25) is 0 Å². The van der Waals surface area contributed by atoms with E-state index in [1.807, 2.05) is 45.9 Å². The average molecular weight is 467 g/mol. The van der Waals surface area contributed by atoms with Crippen molar-refractivity contribution in [2.75, 3.05) is 5.32 Å². The molecule has 4 aromatic rings. The molecule has 1 N–H and O–H groups in total. The van der Waals surface area contributed by atoms with E-state index >= 15 is 0 Å². The summed E-state index contributed by atoms with van der Waals surface area (Å²) in [4.78, 5) is 20.6. The van der Waals surface area contributed by atoms with Crippen molar-refractivity contribution in [2.45, 2.75) is 40.3 Å². The van der Waals surface area contributed by atoms with Crippen molar-refractivity contribution in [3.05, 3.63) is 66.1 Å². The van der Waals surface area contributed by atoms with Crippen LogP contribution in [-0.4, -0.2) is 25.5 Å². The molecule has 176 valence electrons. The predicted octanol–water partition coefficient (Wildman–Crippen LogP) is 6.02. The van der Waals surface area contributed by atoms with E-state index in [2.05, 4.69) is 20.4 Å². The molecule has 0 aliphatic rings. The Morgan fingerprint density at radius 1 is 1.00 bits per heavy atom. The highest BCUT2D eigenvalue weighted by Gasteiger charge is 2.32. The molecule has 0 bridgehead atoms. The number of amides is 1. The zero-order valence-corrected chi connectivity index (χ0v) is 19.2. The molecule has 1 amide bonds. The van der Waals surface area contributed by atoms with Crippen LogP contribution in [0, 0.1) is 5.41 Å². The van der Waals surface area contributed by atoms with E-state index in [0.717, 1.165) is 35.5 Å². The first-order valence-corrected chi connectivity index (χ1v) is 10.8. The van der Waals surface area contributed by atoms with Crippen LogP contribution in [-0.2, 0) is 17.4 Å². The number of pyridine rings is 1. The lowest BCUT2D eigenvalue weighted by Crippen LogP contribution is -2.28. The Hall–Kier alpha value is -3.75. The Labute approximate surface area is 194 Å². The summed E-state index contributed by atoms with van der Waals surface area (Å²) in [6.45, 7) is 7.59. The van der Waals surface area contributed by atoms with Gasteiger partial charge in [-0.25, -0.2) is 9.50 Å². The normalized spacial score (nSPS) is 12.2. The van der Waals surface area contributed by atoms with Crippen molar-refractivity contribution in [2.24, 2.45) is 5.41 Å². The van der Waals surface area contributed by atoms with E-state index in [-0.39, 0.29) is 5.91 Å². The van der Waals surface area contributed by atoms with Gasteiger partial charge in [0.05, 0.1) is 17.6 Å². The predicted molar refractivity (Wildman–Crippen MR) is 124 cm³/mol. The Balaban J connectivity index is 1.67. The molecule has 0 radical (unpaired) electrons. The quantitative estimate of drug-likeness (QED) is 0.398. The van der Waals surface area contributed by atoms with Gasteiger partial charge in [-0.1, -0.05) is 39.8 Å². The molecule has 0 unspecified atom stereocenters. The number of rotatable bonds is 4. The third kappa shape index (κ3) is 4.78. The van der Waals surface area contributed by atoms with Gasteiger partial charge in [0.2, 0.25) is 5.91 Å². The molecule has 0 saturated carbocycles. The largest absolute Gasteiger partial charge is 0.433 e. The summed E-state index contributed by atoms with van der Waals surface area (Å²) < 4.78 is 39.9. The number of carbonyl (C=O) groups is 1. The van der Waals surface area contributed by atoms with E-state index in [1.54, 1.807) is 22.8 Å². The van der Waals surface area contributed by atoms with E-state index in [4.69, 9.17) is 0 Å². The van der Waals surface area contributed by atoms with Crippen molar-refractivity contribution in [3.8, 4) is 22.5 Å². The molecule has 3 heterocycles. The number of aromatic nitrogens is 4. The first-order chi connectivity index (χ1) is 16.0. The van der Waals surface area contributed by atoms with E-state index in [9.17, 15) is 18.0 Å². The summed E-state index contributed by atoms with van der Waals surface area (Å²) in [5.41, 5.74) is 3.25. The van der Waals surface area contributed by atoms with Gasteiger partial charge in [-0.15, -0.1) is 0 Å². The van der Waals surface area contributed by atoms with Crippen LogP contribution in [0.5, 0.6) is 0 Å². The molecule has 0 spiro atoms. The standard InChI is InChI=1S/C25H24F3N5O/c1-5-15-6-7-16(12-19(15)31-23(34)24(2,3)4)20-14-33-22(30-20)11-9-18(32-33)17-8-10-21(29-13-17)25(26,27)28/h6-14H,5H2,1-4H3,(H,31,34). The topological polar surface area (TPSA) is 72.2 Å². The van der Waals surface area contributed by atoms with Gasteiger partial charge in [0, 0.05) is 28.4 Å². The van der Waals surface area contributed by atoms with Crippen LogP contribution in [0.15, 0.2) is 54.9 Å². The van der Waals surface area contributed by atoms with Gasteiger partial charge in [0.1, 0.15) is 5.69 Å². The van der Waals surface area contributed by atoms with Crippen molar-refractivity contribution < 1.29 is 18.0 Å². The second-order valence-electron chi connectivity index (χ2n) is 9.01. The highest BCUT2D eigenvalue weighted by molar-refractivity contribution is 5.95. The van der Waals surface area contributed by atoms with Gasteiger partial charge in [-0.05, 0) is 42.3 Å². The fraction of sp³-hybridized carbons (Fsp3) is 0.280. The van der Waals surface area contributed by atoms with E-state index < -0.39 is 17.3 Å². The Morgan fingerprint density at radius 2 is 1.74 bits per heavy atom. The molecule has 1 aromatic carbocycles. The first kappa shape index (κ1) is 23.4. The maximum atomic E-state index is 12.8. The molecule has 0 fully saturated rings. The number of anilines is 1. The number of hydrogen-bond donors (Lipinski definition) is 1. The maximum Gasteiger partial charge on any atom is 0.433 e. The highest BCUT2D eigenvalue weighted by Crippen LogP contribution is 2.30. The fourth-order valence-corrected chi connectivity index (χ4v) is 3.36. The molecule has 34 heavy (non-hydrogen) atoms. The molecule has 0 atom stereocenters. The van der Waals surface area contributed by atoms with Crippen LogP contribution in [0.1, 0.15) is 39.0 Å². The third-order valence-electron chi connectivity index (χ3n) is 5.39. The van der Waals surface area contributed by atoms with Gasteiger partial charge in [0.25, 0.3) is 0 Å². The number of hydrogen-bond acceptors (Lipinski definition) is 4. The minimum absolute atomic E-state index is 0.0780. The molecule has 4 rings (SSSR count). The van der Waals surface area contributed by atoms with Crippen molar-refractivity contribution in [1.29, 1.82) is 0 Å². The minimum atomic E-state index is -4.49. The molecule has 6 nitrogen and oxygen atoms in total. The molecule has 9 heteroatoms. The summed E-state index contributed by atoms with van der Waals surface area (Å²) >= 11 is 0. The first-order valence-electron chi connectivity index (χ1n) is 10.8. The molecular formula is C25H24F3N5O. The second-order valence-corrected chi connectivity index (χ2v) is 9.01. The Kier molecular flexibility index (Phi) is 5.89. The second kappa shape index (κ2) is 8.55. The number of nitrogens with zero attached hydrogens (tertiary/aromatic N) is 4. The van der Waals surface area contributed by atoms with Gasteiger partial charge in [0.15, 0.2) is 5.65 Å². The molecule has 0 saturated heterocycles. The van der Waals surface area contributed by atoms with Crippen LogP contribution in [0.3, 0.4) is 0 Å². The van der Waals surface area contributed by atoms with Crippen molar-refractivity contribution in [1.82, 2.24) is 19.6 Å². The molecule has 0 aliphatic carbocycles. The van der Waals surface area contributed by atoms with Crippen LogP contribution in [0.4, 0.5) is 18.9 Å². The SMILES string of the molecule is CCc1ccc(-c2cn3nc(-c4ccc(C(F)(F)F)nc4)ccc3n2)cc1NC(=O)C(C)(C)C. The van der Waals surface area contributed by atoms with Gasteiger partial charge < -0.3 is 5.32 Å².